The number of hydrogen-bond donors (Lipinski definition) is 2. The summed E-state index contributed by atoms with van der Waals surface area (Å²) in [7, 11) is 0. The standard InChI is InChI=1S/C16H27N3O3/c1-3-22-13-8-11(9-13)10-19-6-4-12(5-7-19)16(2)14(20)17-15(21)18-16/h11-13H,3-10H2,1-2H3,(H2,17,18,20,21). The molecule has 0 aromatic rings. The van der Waals surface area contributed by atoms with Crippen LogP contribution >= 0.6 is 0 Å². The molecular formula is C16H27N3O3. The van der Waals surface area contributed by atoms with Crippen LogP contribution in [0.2, 0.25) is 0 Å². The van der Waals surface area contributed by atoms with Gasteiger partial charge in [-0.05, 0) is 64.5 Å². The number of amides is 3. The van der Waals surface area contributed by atoms with Crippen LogP contribution in [-0.4, -0.2) is 54.7 Å². The minimum absolute atomic E-state index is 0.172. The van der Waals surface area contributed by atoms with Gasteiger partial charge in [-0.2, -0.15) is 0 Å². The molecule has 3 amide bonds. The molecule has 1 saturated carbocycles. The van der Waals surface area contributed by atoms with Crippen molar-refractivity contribution in [3.05, 3.63) is 0 Å². The summed E-state index contributed by atoms with van der Waals surface area (Å²) >= 11 is 0. The van der Waals surface area contributed by atoms with Crippen LogP contribution < -0.4 is 10.6 Å². The Morgan fingerprint density at radius 1 is 1.27 bits per heavy atom. The Morgan fingerprint density at radius 2 is 1.95 bits per heavy atom. The molecule has 3 fully saturated rings. The summed E-state index contributed by atoms with van der Waals surface area (Å²) in [5.41, 5.74) is -0.723. The summed E-state index contributed by atoms with van der Waals surface area (Å²) in [6, 6.07) is -0.355. The van der Waals surface area contributed by atoms with Crippen LogP contribution in [0, 0.1) is 11.8 Å². The highest BCUT2D eigenvalue weighted by Gasteiger charge is 2.48. The van der Waals surface area contributed by atoms with Gasteiger partial charge in [-0.25, -0.2) is 4.79 Å². The number of nitrogens with zero attached hydrogens (tertiary/aromatic N) is 1. The van der Waals surface area contributed by atoms with Crippen molar-refractivity contribution in [3.8, 4) is 0 Å². The first-order valence-corrected chi connectivity index (χ1v) is 8.48. The molecule has 3 aliphatic rings. The largest absolute Gasteiger partial charge is 0.378 e. The van der Waals surface area contributed by atoms with E-state index in [1.54, 1.807) is 0 Å². The zero-order valence-corrected chi connectivity index (χ0v) is 13.6. The van der Waals surface area contributed by atoms with E-state index in [0.29, 0.717) is 6.10 Å². The van der Waals surface area contributed by atoms with E-state index < -0.39 is 5.54 Å². The van der Waals surface area contributed by atoms with Gasteiger partial charge >= 0.3 is 6.03 Å². The first kappa shape index (κ1) is 15.7. The SMILES string of the molecule is CCOC1CC(CN2CCC(C3(C)NC(=O)NC3=O)CC2)C1. The lowest BCUT2D eigenvalue weighted by atomic mass is 9.78. The molecule has 0 spiro atoms. The predicted molar refractivity (Wildman–Crippen MR) is 82.4 cm³/mol. The summed E-state index contributed by atoms with van der Waals surface area (Å²) in [5.74, 6) is 0.820. The smallest absolute Gasteiger partial charge is 0.322 e. The summed E-state index contributed by atoms with van der Waals surface area (Å²) in [6.07, 6.45) is 4.77. The molecule has 22 heavy (non-hydrogen) atoms. The Hall–Kier alpha value is -1.14. The molecule has 2 heterocycles. The first-order valence-electron chi connectivity index (χ1n) is 8.48. The van der Waals surface area contributed by atoms with Gasteiger partial charge in [0, 0.05) is 13.2 Å². The third-order valence-electron chi connectivity index (χ3n) is 5.59. The number of rotatable bonds is 5. The number of urea groups is 1. The molecule has 1 atom stereocenters. The van der Waals surface area contributed by atoms with E-state index in [-0.39, 0.29) is 17.9 Å². The van der Waals surface area contributed by atoms with Crippen LogP contribution in [0.3, 0.4) is 0 Å². The van der Waals surface area contributed by atoms with E-state index in [9.17, 15) is 9.59 Å². The molecule has 6 heteroatoms. The van der Waals surface area contributed by atoms with Crippen molar-refractivity contribution in [2.24, 2.45) is 11.8 Å². The summed E-state index contributed by atoms with van der Waals surface area (Å²) in [4.78, 5) is 25.9. The number of nitrogens with one attached hydrogen (secondary N) is 2. The van der Waals surface area contributed by atoms with Crippen molar-refractivity contribution in [3.63, 3.8) is 0 Å². The van der Waals surface area contributed by atoms with Gasteiger partial charge in [0.15, 0.2) is 0 Å². The number of carbonyl (C=O) groups excluding carboxylic acids is 2. The van der Waals surface area contributed by atoms with E-state index in [2.05, 4.69) is 22.5 Å². The molecule has 2 N–H and O–H groups in total. The number of imide groups is 1. The zero-order chi connectivity index (χ0) is 15.7. The van der Waals surface area contributed by atoms with Crippen molar-refractivity contribution < 1.29 is 14.3 Å². The molecule has 1 unspecified atom stereocenters. The average Bonchev–Trinajstić information content (AvgIpc) is 2.71. The van der Waals surface area contributed by atoms with Gasteiger partial charge in [0.1, 0.15) is 5.54 Å². The van der Waals surface area contributed by atoms with E-state index >= 15 is 0 Å². The average molecular weight is 309 g/mol. The molecule has 2 saturated heterocycles. The fourth-order valence-corrected chi connectivity index (χ4v) is 4.10. The zero-order valence-electron chi connectivity index (χ0n) is 13.6. The summed E-state index contributed by atoms with van der Waals surface area (Å²) < 4.78 is 5.61. The molecule has 1 aliphatic carbocycles. The summed E-state index contributed by atoms with van der Waals surface area (Å²) in [5, 5.41) is 5.18. The third-order valence-corrected chi connectivity index (χ3v) is 5.59. The molecular weight excluding hydrogens is 282 g/mol. The van der Waals surface area contributed by atoms with Gasteiger partial charge in [-0.1, -0.05) is 0 Å². The Labute approximate surface area is 131 Å². The van der Waals surface area contributed by atoms with Crippen LogP contribution in [-0.2, 0) is 9.53 Å². The van der Waals surface area contributed by atoms with Crippen LogP contribution in [0.1, 0.15) is 39.5 Å². The second-order valence-corrected chi connectivity index (χ2v) is 7.10. The van der Waals surface area contributed by atoms with Crippen molar-refractivity contribution in [1.29, 1.82) is 0 Å². The third kappa shape index (κ3) is 2.99. The van der Waals surface area contributed by atoms with Crippen molar-refractivity contribution >= 4 is 11.9 Å². The second-order valence-electron chi connectivity index (χ2n) is 7.10. The molecule has 0 bridgehead atoms. The topological polar surface area (TPSA) is 70.7 Å². The lowest BCUT2D eigenvalue weighted by Crippen LogP contribution is -2.54. The highest BCUT2D eigenvalue weighted by atomic mass is 16.5. The molecule has 3 rings (SSSR count). The van der Waals surface area contributed by atoms with Crippen LogP contribution in [0.5, 0.6) is 0 Å². The van der Waals surface area contributed by atoms with Crippen molar-refractivity contribution in [2.45, 2.75) is 51.2 Å². The van der Waals surface area contributed by atoms with Gasteiger partial charge in [-0.3, -0.25) is 10.1 Å². The highest BCUT2D eigenvalue weighted by molar-refractivity contribution is 6.06. The molecule has 0 aromatic heterocycles. The van der Waals surface area contributed by atoms with Crippen LogP contribution in [0.4, 0.5) is 4.79 Å². The Kier molecular flexibility index (Phi) is 4.41. The maximum Gasteiger partial charge on any atom is 0.322 e. The first-order chi connectivity index (χ1) is 10.5. The maximum atomic E-state index is 12.0. The Morgan fingerprint density at radius 3 is 2.50 bits per heavy atom. The number of piperidine rings is 1. The highest BCUT2D eigenvalue weighted by Crippen LogP contribution is 2.34. The van der Waals surface area contributed by atoms with E-state index in [1.807, 2.05) is 6.92 Å². The van der Waals surface area contributed by atoms with Crippen LogP contribution in [0.25, 0.3) is 0 Å². The molecule has 0 aromatic carbocycles. The quantitative estimate of drug-likeness (QED) is 0.747. The summed E-state index contributed by atoms with van der Waals surface area (Å²) in [6.45, 7) is 7.89. The monoisotopic (exact) mass is 309 g/mol. The second kappa shape index (κ2) is 6.16. The fraction of sp³-hybridized carbons (Fsp3) is 0.875. The number of hydrogen-bond acceptors (Lipinski definition) is 4. The molecule has 0 radical (unpaired) electrons. The minimum atomic E-state index is -0.723. The van der Waals surface area contributed by atoms with Crippen molar-refractivity contribution in [1.82, 2.24) is 15.5 Å². The fourth-order valence-electron chi connectivity index (χ4n) is 4.10. The lowest BCUT2D eigenvalue weighted by molar-refractivity contribution is -0.126. The number of likely N-dealkylation sites (tertiary alicyclic amines) is 1. The van der Waals surface area contributed by atoms with Gasteiger partial charge < -0.3 is 15.0 Å². The number of ether oxygens (including phenoxy) is 1. The van der Waals surface area contributed by atoms with E-state index in [4.69, 9.17) is 4.74 Å². The van der Waals surface area contributed by atoms with Gasteiger partial charge in [0.05, 0.1) is 6.10 Å². The number of carbonyl (C=O) groups is 2. The Balaban J connectivity index is 1.43. The van der Waals surface area contributed by atoms with Crippen LogP contribution in [0.15, 0.2) is 0 Å². The Bertz CT molecular complexity index is 442. The minimum Gasteiger partial charge on any atom is -0.378 e. The molecule has 6 nitrogen and oxygen atoms in total. The molecule has 2 aliphatic heterocycles. The van der Waals surface area contributed by atoms with E-state index in [1.165, 1.54) is 12.8 Å². The molecule has 124 valence electrons. The van der Waals surface area contributed by atoms with E-state index in [0.717, 1.165) is 45.0 Å². The van der Waals surface area contributed by atoms with Gasteiger partial charge in [-0.15, -0.1) is 0 Å². The lowest BCUT2D eigenvalue weighted by Gasteiger charge is -2.42. The maximum absolute atomic E-state index is 12.0. The normalized spacial score (nSPS) is 36.8. The predicted octanol–water partition coefficient (Wildman–Crippen LogP) is 1.11. The van der Waals surface area contributed by atoms with Crippen molar-refractivity contribution in [2.75, 3.05) is 26.2 Å². The van der Waals surface area contributed by atoms with Gasteiger partial charge in [0.2, 0.25) is 0 Å². The van der Waals surface area contributed by atoms with Gasteiger partial charge in [0.25, 0.3) is 5.91 Å².